The summed E-state index contributed by atoms with van der Waals surface area (Å²) in [5, 5.41) is 5.31. The number of alkyl carbamates (subject to hydrolysis) is 1. The van der Waals surface area contributed by atoms with Gasteiger partial charge in [0.15, 0.2) is 0 Å². The molecule has 2 amide bonds. The number of ether oxygens (including phenoxy) is 2. The van der Waals surface area contributed by atoms with Crippen LogP contribution in [0.15, 0.2) is 0 Å². The highest BCUT2D eigenvalue weighted by molar-refractivity contribution is 5.89. The molecule has 0 spiro atoms. The quantitative estimate of drug-likeness (QED) is 0.651. The maximum absolute atomic E-state index is 12.6. The van der Waals surface area contributed by atoms with Crippen LogP contribution >= 0.6 is 0 Å². The van der Waals surface area contributed by atoms with Gasteiger partial charge >= 0.3 is 12.1 Å². The molecule has 0 saturated carbocycles. The highest BCUT2D eigenvalue weighted by Crippen LogP contribution is 2.12. The first-order valence-corrected chi connectivity index (χ1v) is 8.78. The van der Waals surface area contributed by atoms with Gasteiger partial charge in [-0.05, 0) is 39.0 Å². The third kappa shape index (κ3) is 9.31. The molecule has 25 heavy (non-hydrogen) atoms. The zero-order valence-electron chi connectivity index (χ0n) is 16.8. The second-order valence-electron chi connectivity index (χ2n) is 7.72. The maximum Gasteiger partial charge on any atom is 0.408 e. The maximum atomic E-state index is 12.6. The number of carbonyl (C=O) groups is 3. The van der Waals surface area contributed by atoms with Crippen molar-refractivity contribution in [3.63, 3.8) is 0 Å². The lowest BCUT2D eigenvalue weighted by Gasteiger charge is -2.27. The number of rotatable bonds is 8. The van der Waals surface area contributed by atoms with Gasteiger partial charge in [-0.1, -0.05) is 34.1 Å². The molecule has 2 N–H and O–H groups in total. The average Bonchev–Trinajstić information content (AvgIpc) is 2.47. The summed E-state index contributed by atoms with van der Waals surface area (Å²) in [4.78, 5) is 36.6. The highest BCUT2D eigenvalue weighted by atomic mass is 16.6. The molecule has 0 bridgehead atoms. The highest BCUT2D eigenvalue weighted by Gasteiger charge is 2.31. The van der Waals surface area contributed by atoms with Crippen molar-refractivity contribution < 1.29 is 23.9 Å². The van der Waals surface area contributed by atoms with Gasteiger partial charge in [-0.25, -0.2) is 9.59 Å². The molecule has 0 heterocycles. The first-order chi connectivity index (χ1) is 11.4. The van der Waals surface area contributed by atoms with Crippen LogP contribution in [0.25, 0.3) is 0 Å². The molecule has 0 radical (unpaired) electrons. The number of carbonyl (C=O) groups excluding carboxylic acids is 3. The molecule has 0 aliphatic heterocycles. The molecule has 0 saturated heterocycles. The van der Waals surface area contributed by atoms with Crippen molar-refractivity contribution in [3.8, 4) is 0 Å². The second-order valence-corrected chi connectivity index (χ2v) is 7.72. The van der Waals surface area contributed by atoms with E-state index in [1.165, 1.54) is 7.11 Å². The third-order valence-corrected chi connectivity index (χ3v) is 3.68. The van der Waals surface area contributed by atoms with Gasteiger partial charge in [0.1, 0.15) is 17.7 Å². The molecule has 0 fully saturated rings. The molecule has 0 rings (SSSR count). The molecule has 0 unspecified atom stereocenters. The summed E-state index contributed by atoms with van der Waals surface area (Å²) in [5.74, 6) is -0.831. The van der Waals surface area contributed by atoms with Crippen molar-refractivity contribution in [2.24, 2.45) is 11.8 Å². The van der Waals surface area contributed by atoms with Crippen LogP contribution in [0.4, 0.5) is 4.79 Å². The van der Waals surface area contributed by atoms with E-state index in [9.17, 15) is 14.4 Å². The summed E-state index contributed by atoms with van der Waals surface area (Å²) >= 11 is 0. The smallest absolute Gasteiger partial charge is 0.408 e. The molecule has 0 aromatic rings. The minimum Gasteiger partial charge on any atom is -0.467 e. The number of amides is 2. The Labute approximate surface area is 151 Å². The number of nitrogens with one attached hydrogen (secondary N) is 2. The van der Waals surface area contributed by atoms with Gasteiger partial charge in [-0.15, -0.1) is 0 Å². The summed E-state index contributed by atoms with van der Waals surface area (Å²) in [7, 11) is 1.29. The molecular formula is C18H34N2O5. The van der Waals surface area contributed by atoms with E-state index >= 15 is 0 Å². The fraction of sp³-hybridized carbons (Fsp3) is 0.833. The second kappa shape index (κ2) is 10.3. The minimum absolute atomic E-state index is 0.0855. The van der Waals surface area contributed by atoms with Crippen molar-refractivity contribution in [3.05, 3.63) is 0 Å². The fourth-order valence-corrected chi connectivity index (χ4v) is 2.20. The minimum atomic E-state index is -0.786. The average molecular weight is 358 g/mol. The van der Waals surface area contributed by atoms with Crippen LogP contribution in [0.3, 0.4) is 0 Å². The van der Waals surface area contributed by atoms with E-state index < -0.39 is 35.7 Å². The van der Waals surface area contributed by atoms with Crippen LogP contribution in [0.5, 0.6) is 0 Å². The Bertz CT molecular complexity index is 457. The van der Waals surface area contributed by atoms with Gasteiger partial charge in [-0.2, -0.15) is 0 Å². The number of esters is 1. The van der Waals surface area contributed by atoms with Crippen LogP contribution in [0.1, 0.15) is 61.3 Å². The molecular weight excluding hydrogens is 324 g/mol. The molecule has 0 aromatic heterocycles. The molecule has 7 nitrogen and oxygen atoms in total. The van der Waals surface area contributed by atoms with E-state index in [1.54, 1.807) is 20.8 Å². The summed E-state index contributed by atoms with van der Waals surface area (Å²) in [6.07, 6.45) is 0.472. The SMILES string of the molecule is CC[C@H](C)[C@H](NC(=O)[C@H](CC(C)C)NC(=O)OC(C)(C)C)C(=O)OC. The first-order valence-electron chi connectivity index (χ1n) is 8.78. The van der Waals surface area contributed by atoms with E-state index in [4.69, 9.17) is 9.47 Å². The predicted octanol–water partition coefficient (Wildman–Crippen LogP) is 2.63. The lowest BCUT2D eigenvalue weighted by Crippen LogP contribution is -2.54. The number of hydrogen-bond donors (Lipinski definition) is 2. The Morgan fingerprint density at radius 3 is 2.00 bits per heavy atom. The Hall–Kier alpha value is -1.79. The van der Waals surface area contributed by atoms with Crippen molar-refractivity contribution in [1.82, 2.24) is 10.6 Å². The van der Waals surface area contributed by atoms with Crippen LogP contribution in [0.2, 0.25) is 0 Å². The first kappa shape index (κ1) is 23.2. The Morgan fingerprint density at radius 2 is 1.60 bits per heavy atom. The van der Waals surface area contributed by atoms with Gasteiger partial charge in [0.25, 0.3) is 0 Å². The van der Waals surface area contributed by atoms with Crippen LogP contribution in [-0.2, 0) is 19.1 Å². The summed E-state index contributed by atoms with van der Waals surface area (Å²) in [6.45, 7) is 12.9. The van der Waals surface area contributed by atoms with Gasteiger partial charge in [0.2, 0.25) is 5.91 Å². The van der Waals surface area contributed by atoms with Crippen LogP contribution < -0.4 is 10.6 Å². The third-order valence-electron chi connectivity index (χ3n) is 3.68. The topological polar surface area (TPSA) is 93.7 Å². The van der Waals surface area contributed by atoms with E-state index in [-0.39, 0.29) is 11.8 Å². The Kier molecular flexibility index (Phi) is 9.52. The van der Waals surface area contributed by atoms with Gasteiger partial charge < -0.3 is 20.1 Å². The molecule has 7 heteroatoms. The number of methoxy groups -OCH3 is 1. The summed E-state index contributed by atoms with van der Waals surface area (Å²) in [6, 6.07) is -1.54. The van der Waals surface area contributed by atoms with Gasteiger partial charge in [-0.3, -0.25) is 4.79 Å². The van der Waals surface area contributed by atoms with Crippen molar-refractivity contribution in [2.75, 3.05) is 7.11 Å². The molecule has 0 aliphatic carbocycles. The van der Waals surface area contributed by atoms with E-state index in [0.717, 1.165) is 0 Å². The van der Waals surface area contributed by atoms with E-state index in [2.05, 4.69) is 10.6 Å². The molecule has 0 aromatic carbocycles. The van der Waals surface area contributed by atoms with Gasteiger partial charge in [0, 0.05) is 0 Å². The fourth-order valence-electron chi connectivity index (χ4n) is 2.20. The van der Waals surface area contributed by atoms with Crippen molar-refractivity contribution in [1.29, 1.82) is 0 Å². The van der Waals surface area contributed by atoms with Crippen molar-refractivity contribution in [2.45, 2.75) is 79.0 Å². The monoisotopic (exact) mass is 358 g/mol. The molecule has 146 valence electrons. The Morgan fingerprint density at radius 1 is 1.04 bits per heavy atom. The lowest BCUT2D eigenvalue weighted by molar-refractivity contribution is -0.146. The zero-order chi connectivity index (χ0) is 19.8. The standard InChI is InChI=1S/C18H34N2O5/c1-9-12(4)14(16(22)24-8)20-15(21)13(10-11(2)3)19-17(23)25-18(5,6)7/h11-14H,9-10H2,1-8H3,(H,19,23)(H,20,21)/t12-,13-,14-/m0/s1. The largest absolute Gasteiger partial charge is 0.467 e. The summed E-state index contributed by atoms with van der Waals surface area (Å²) < 4.78 is 10.00. The van der Waals surface area contributed by atoms with E-state index in [0.29, 0.717) is 12.8 Å². The van der Waals surface area contributed by atoms with E-state index in [1.807, 2.05) is 27.7 Å². The predicted molar refractivity (Wildman–Crippen MR) is 96.0 cm³/mol. The van der Waals surface area contributed by atoms with Crippen LogP contribution in [-0.4, -0.2) is 42.8 Å². The van der Waals surface area contributed by atoms with Crippen molar-refractivity contribution >= 4 is 18.0 Å². The molecule has 0 aliphatic rings. The zero-order valence-corrected chi connectivity index (χ0v) is 16.8. The number of hydrogen-bond acceptors (Lipinski definition) is 5. The van der Waals surface area contributed by atoms with Crippen LogP contribution in [0, 0.1) is 11.8 Å². The summed E-state index contributed by atoms with van der Waals surface area (Å²) in [5.41, 5.74) is -0.659. The molecule has 3 atom stereocenters. The lowest BCUT2D eigenvalue weighted by atomic mass is 9.97. The normalized spacial score (nSPS) is 15.1. The van der Waals surface area contributed by atoms with Gasteiger partial charge in [0.05, 0.1) is 7.11 Å². The Balaban J connectivity index is 5.14.